The Bertz CT molecular complexity index is 1070. The Morgan fingerprint density at radius 1 is 1.24 bits per heavy atom. The number of benzene rings is 1. The number of H-pyrrole nitrogens is 1. The number of nitrogens with one attached hydrogen (secondary N) is 1. The van der Waals surface area contributed by atoms with E-state index in [4.69, 9.17) is 0 Å². The first kappa shape index (κ1) is 18.6. The van der Waals surface area contributed by atoms with Crippen LogP contribution in [0.3, 0.4) is 0 Å². The van der Waals surface area contributed by atoms with Gasteiger partial charge in [0.05, 0.1) is 12.3 Å². The molecule has 1 aromatic carbocycles. The Morgan fingerprint density at radius 3 is 2.83 bits per heavy atom. The lowest BCUT2D eigenvalue weighted by atomic mass is 9.96. The Labute approximate surface area is 166 Å². The van der Waals surface area contributed by atoms with E-state index in [9.17, 15) is 14.7 Å². The van der Waals surface area contributed by atoms with Crippen LogP contribution in [0.15, 0.2) is 58.7 Å². The molecule has 0 bridgehead atoms. The highest BCUT2D eigenvalue weighted by molar-refractivity contribution is 5.92. The summed E-state index contributed by atoms with van der Waals surface area (Å²) in [6, 6.07) is 9.98. The number of rotatable bonds is 4. The molecule has 0 radical (unpaired) electrons. The molecule has 9 heteroatoms. The molecule has 1 aliphatic heterocycles. The van der Waals surface area contributed by atoms with Gasteiger partial charge in [-0.1, -0.05) is 6.07 Å². The van der Waals surface area contributed by atoms with E-state index in [1.165, 1.54) is 18.3 Å². The van der Waals surface area contributed by atoms with Crippen molar-refractivity contribution >= 4 is 12.1 Å². The largest absolute Gasteiger partial charge is 0.508 e. The second-order valence-corrected chi connectivity index (χ2v) is 6.81. The van der Waals surface area contributed by atoms with Gasteiger partial charge in [0.1, 0.15) is 5.75 Å². The van der Waals surface area contributed by atoms with E-state index in [1.807, 2.05) is 12.1 Å². The van der Waals surface area contributed by atoms with Gasteiger partial charge in [-0.05, 0) is 60.7 Å². The van der Waals surface area contributed by atoms with Crippen LogP contribution in [-0.4, -0.2) is 48.8 Å². The number of carbonyl (C=O) groups is 1. The van der Waals surface area contributed by atoms with Gasteiger partial charge in [0.2, 0.25) is 5.69 Å². The normalized spacial score (nSPS) is 17.0. The van der Waals surface area contributed by atoms with Crippen LogP contribution >= 0.6 is 0 Å². The van der Waals surface area contributed by atoms with Crippen LogP contribution in [-0.2, 0) is 0 Å². The van der Waals surface area contributed by atoms with Gasteiger partial charge in [-0.15, -0.1) is 9.89 Å². The van der Waals surface area contributed by atoms with Gasteiger partial charge in [0, 0.05) is 18.9 Å². The molecule has 9 nitrogen and oxygen atoms in total. The van der Waals surface area contributed by atoms with Crippen molar-refractivity contribution in [3.63, 3.8) is 0 Å². The minimum absolute atomic E-state index is 0.130. The summed E-state index contributed by atoms with van der Waals surface area (Å²) >= 11 is 0. The fourth-order valence-electron chi connectivity index (χ4n) is 3.42. The molecule has 1 unspecified atom stereocenters. The maximum absolute atomic E-state index is 13.1. The number of nitrogens with zero attached hydrogens (tertiary/aromatic N) is 5. The van der Waals surface area contributed by atoms with E-state index < -0.39 is 11.5 Å². The van der Waals surface area contributed by atoms with Crippen molar-refractivity contribution in [3.05, 3.63) is 76.0 Å². The number of aromatic nitrogens is 4. The van der Waals surface area contributed by atoms with E-state index in [1.54, 1.807) is 29.4 Å². The summed E-state index contributed by atoms with van der Waals surface area (Å²) in [5, 5.41) is 19.7. The molecular formula is C20H20N6O3. The number of aromatic amines is 1. The van der Waals surface area contributed by atoms with Gasteiger partial charge < -0.3 is 10.0 Å². The number of piperidine rings is 1. The highest BCUT2D eigenvalue weighted by atomic mass is 16.3. The van der Waals surface area contributed by atoms with E-state index in [0.717, 1.165) is 29.6 Å². The zero-order chi connectivity index (χ0) is 20.2. The van der Waals surface area contributed by atoms with Crippen LogP contribution in [0.5, 0.6) is 5.75 Å². The van der Waals surface area contributed by atoms with Crippen LogP contribution in [0.2, 0.25) is 0 Å². The Balaban J connectivity index is 1.57. The van der Waals surface area contributed by atoms with E-state index >= 15 is 0 Å². The van der Waals surface area contributed by atoms with Crippen molar-refractivity contribution in [3.8, 4) is 5.75 Å². The van der Waals surface area contributed by atoms with Crippen molar-refractivity contribution in [2.45, 2.75) is 25.3 Å². The van der Waals surface area contributed by atoms with Gasteiger partial charge in [-0.3, -0.25) is 14.6 Å². The van der Waals surface area contributed by atoms with Crippen molar-refractivity contribution < 1.29 is 9.90 Å². The predicted octanol–water partition coefficient (Wildman–Crippen LogP) is 1.92. The van der Waals surface area contributed by atoms with Gasteiger partial charge >= 0.3 is 5.56 Å². The van der Waals surface area contributed by atoms with Crippen LogP contribution < -0.4 is 5.56 Å². The molecule has 1 aliphatic rings. The molecule has 1 atom stereocenters. The summed E-state index contributed by atoms with van der Waals surface area (Å²) in [6.45, 7) is 0.557. The van der Waals surface area contributed by atoms with Crippen molar-refractivity contribution in [2.75, 3.05) is 6.54 Å². The second-order valence-electron chi connectivity index (χ2n) is 6.81. The van der Waals surface area contributed by atoms with E-state index in [0.29, 0.717) is 12.1 Å². The maximum atomic E-state index is 13.1. The highest BCUT2D eigenvalue weighted by Gasteiger charge is 2.31. The second kappa shape index (κ2) is 8.09. The minimum Gasteiger partial charge on any atom is -0.508 e. The van der Waals surface area contributed by atoms with Gasteiger partial charge in [-0.2, -0.15) is 10.3 Å². The lowest BCUT2D eigenvalue weighted by molar-refractivity contribution is 0.0603. The van der Waals surface area contributed by atoms with Crippen molar-refractivity contribution in [1.82, 2.24) is 25.0 Å². The summed E-state index contributed by atoms with van der Waals surface area (Å²) in [7, 11) is 0. The molecule has 1 amide bonds. The highest BCUT2D eigenvalue weighted by Crippen LogP contribution is 2.31. The summed E-state index contributed by atoms with van der Waals surface area (Å²) < 4.78 is 0. The van der Waals surface area contributed by atoms with Gasteiger partial charge in [0.25, 0.3) is 5.91 Å². The molecule has 3 heterocycles. The molecule has 148 valence electrons. The molecule has 0 saturated carbocycles. The quantitative estimate of drug-likeness (QED) is 0.658. The molecule has 1 saturated heterocycles. The zero-order valence-electron chi connectivity index (χ0n) is 15.6. The molecule has 3 aromatic rings. The monoisotopic (exact) mass is 392 g/mol. The first-order valence-corrected chi connectivity index (χ1v) is 9.35. The number of hydrogen-bond donors (Lipinski definition) is 2. The molecule has 0 aliphatic carbocycles. The van der Waals surface area contributed by atoms with Crippen LogP contribution in [0, 0.1) is 0 Å². The number of carbonyl (C=O) groups excluding carboxylic acids is 1. The number of pyridine rings is 1. The fraction of sp³-hybridized carbons (Fsp3) is 0.250. The summed E-state index contributed by atoms with van der Waals surface area (Å²) in [6.07, 6.45) is 7.57. The lowest BCUT2D eigenvalue weighted by Gasteiger charge is -2.35. The number of amides is 1. The van der Waals surface area contributed by atoms with E-state index in [2.05, 4.69) is 20.4 Å². The molecule has 0 spiro atoms. The molecule has 29 heavy (non-hydrogen) atoms. The SMILES string of the molecule is O=C(c1n[nH]n(/N=C/c2ccc(O)cc2)c1=O)N1CCCCC1c1cccnc1. The fourth-order valence-corrected chi connectivity index (χ4v) is 3.42. The zero-order valence-corrected chi connectivity index (χ0v) is 15.6. The molecule has 1 fully saturated rings. The Morgan fingerprint density at radius 2 is 2.07 bits per heavy atom. The number of aromatic hydroxyl groups is 1. The van der Waals surface area contributed by atoms with Gasteiger partial charge in [-0.25, -0.2) is 0 Å². The average Bonchev–Trinajstić information content (AvgIpc) is 3.14. The Hall–Kier alpha value is -3.75. The number of phenols is 1. The Kier molecular flexibility index (Phi) is 5.19. The summed E-state index contributed by atoms with van der Waals surface area (Å²) in [4.78, 5) is 32.4. The molecule has 4 rings (SSSR count). The number of phenolic OH excluding ortho intramolecular Hbond substituents is 1. The minimum atomic E-state index is -0.611. The van der Waals surface area contributed by atoms with Crippen LogP contribution in [0.1, 0.15) is 46.9 Å². The topological polar surface area (TPSA) is 116 Å². The van der Waals surface area contributed by atoms with Gasteiger partial charge in [0.15, 0.2) is 0 Å². The van der Waals surface area contributed by atoms with Crippen LogP contribution in [0.25, 0.3) is 0 Å². The third kappa shape index (κ3) is 3.93. The third-order valence-corrected chi connectivity index (χ3v) is 4.90. The molecule has 2 aromatic heterocycles. The molecule has 2 N–H and O–H groups in total. The van der Waals surface area contributed by atoms with E-state index in [-0.39, 0.29) is 17.5 Å². The lowest BCUT2D eigenvalue weighted by Crippen LogP contribution is -2.40. The number of hydrogen-bond acceptors (Lipinski definition) is 6. The summed E-state index contributed by atoms with van der Waals surface area (Å²) in [5.41, 5.74) is 0.829. The van der Waals surface area contributed by atoms with Crippen LogP contribution in [0.4, 0.5) is 0 Å². The smallest absolute Gasteiger partial charge is 0.320 e. The molecular weight excluding hydrogens is 372 g/mol. The third-order valence-electron chi connectivity index (χ3n) is 4.90. The first-order valence-electron chi connectivity index (χ1n) is 9.35. The standard InChI is InChI=1S/C20H20N6O3/c27-16-8-6-14(7-9-16)12-22-26-20(29)18(23-24-26)19(28)25-11-2-1-5-17(25)15-4-3-10-21-13-15/h3-4,6-10,12-13,17,24,27H,1-2,5,11H2/b22-12+. The first-order chi connectivity index (χ1) is 14.1. The maximum Gasteiger partial charge on any atom is 0.320 e. The summed E-state index contributed by atoms with van der Waals surface area (Å²) in [5.74, 6) is -0.281. The van der Waals surface area contributed by atoms with Crippen molar-refractivity contribution in [2.24, 2.45) is 5.10 Å². The predicted molar refractivity (Wildman–Crippen MR) is 106 cm³/mol. The number of likely N-dealkylation sites (tertiary alicyclic amines) is 1. The van der Waals surface area contributed by atoms with Crippen molar-refractivity contribution in [1.29, 1.82) is 0 Å². The average molecular weight is 392 g/mol.